The maximum Gasteiger partial charge on any atom is 0.286 e. The van der Waals surface area contributed by atoms with Crippen molar-refractivity contribution < 1.29 is 0 Å². The lowest BCUT2D eigenvalue weighted by Gasteiger charge is -2.04. The van der Waals surface area contributed by atoms with Crippen LogP contribution in [0.5, 0.6) is 0 Å². The van der Waals surface area contributed by atoms with Gasteiger partial charge >= 0.3 is 0 Å². The quantitative estimate of drug-likeness (QED) is 0.805. The Hall–Kier alpha value is -1.01. The van der Waals surface area contributed by atoms with Crippen LogP contribution in [0.4, 0.5) is 0 Å². The molecule has 0 aliphatic rings. The Morgan fingerprint density at radius 1 is 1.20 bits per heavy atom. The SMILES string of the molecule is O=c1c(Br)c(Br)cnn1-c1ccncc1. The lowest BCUT2D eigenvalue weighted by atomic mass is 10.4. The summed E-state index contributed by atoms with van der Waals surface area (Å²) < 4.78 is 2.39. The molecule has 2 heterocycles. The van der Waals surface area contributed by atoms with Crippen LogP contribution in [-0.4, -0.2) is 14.8 Å². The van der Waals surface area contributed by atoms with Crippen molar-refractivity contribution >= 4 is 31.9 Å². The molecule has 0 saturated heterocycles. The van der Waals surface area contributed by atoms with E-state index in [2.05, 4.69) is 41.9 Å². The smallest absolute Gasteiger partial charge is 0.266 e. The molecule has 0 aliphatic carbocycles. The molecule has 6 heteroatoms. The van der Waals surface area contributed by atoms with Gasteiger partial charge in [0.25, 0.3) is 5.56 Å². The Bertz CT molecular complexity index is 539. The predicted octanol–water partition coefficient (Wildman–Crippen LogP) is 2.15. The average Bonchev–Trinajstić information content (AvgIpc) is 2.27. The van der Waals surface area contributed by atoms with E-state index < -0.39 is 0 Å². The fraction of sp³-hybridized carbons (Fsp3) is 0. The fourth-order valence-corrected chi connectivity index (χ4v) is 1.61. The lowest BCUT2D eigenvalue weighted by Crippen LogP contribution is -2.21. The van der Waals surface area contributed by atoms with E-state index in [1.54, 1.807) is 30.7 Å². The van der Waals surface area contributed by atoms with Crippen LogP contribution >= 0.6 is 31.9 Å². The monoisotopic (exact) mass is 329 g/mol. The maximum absolute atomic E-state index is 11.8. The molecule has 0 amide bonds. The van der Waals surface area contributed by atoms with Crippen molar-refractivity contribution in [2.24, 2.45) is 0 Å². The van der Waals surface area contributed by atoms with Gasteiger partial charge in [0.2, 0.25) is 0 Å². The minimum atomic E-state index is -0.212. The fourth-order valence-electron chi connectivity index (χ4n) is 1.08. The van der Waals surface area contributed by atoms with E-state index >= 15 is 0 Å². The normalized spacial score (nSPS) is 10.3. The van der Waals surface area contributed by atoms with Crippen molar-refractivity contribution in [3.05, 3.63) is 50.0 Å². The first-order valence-electron chi connectivity index (χ1n) is 4.04. The summed E-state index contributed by atoms with van der Waals surface area (Å²) in [5.41, 5.74) is 0.471. The summed E-state index contributed by atoms with van der Waals surface area (Å²) in [4.78, 5) is 15.7. The topological polar surface area (TPSA) is 47.8 Å². The Morgan fingerprint density at radius 3 is 2.53 bits per heavy atom. The molecule has 0 aromatic carbocycles. The zero-order chi connectivity index (χ0) is 10.8. The van der Waals surface area contributed by atoms with Crippen LogP contribution in [0.3, 0.4) is 0 Å². The second kappa shape index (κ2) is 4.24. The molecule has 76 valence electrons. The third-order valence-electron chi connectivity index (χ3n) is 1.78. The summed E-state index contributed by atoms with van der Waals surface area (Å²) in [5, 5.41) is 4.01. The summed E-state index contributed by atoms with van der Waals surface area (Å²) in [6, 6.07) is 3.43. The van der Waals surface area contributed by atoms with Gasteiger partial charge in [-0.05, 0) is 44.0 Å². The summed E-state index contributed by atoms with van der Waals surface area (Å²) in [6.07, 6.45) is 4.78. The molecule has 0 aliphatic heterocycles. The highest BCUT2D eigenvalue weighted by atomic mass is 79.9. The molecule has 0 N–H and O–H groups in total. The maximum atomic E-state index is 11.8. The molecule has 2 aromatic rings. The molecular weight excluding hydrogens is 326 g/mol. The van der Waals surface area contributed by atoms with Crippen LogP contribution < -0.4 is 5.56 Å². The summed E-state index contributed by atoms with van der Waals surface area (Å²) >= 11 is 6.41. The van der Waals surface area contributed by atoms with Crippen molar-refractivity contribution in [3.8, 4) is 5.69 Å². The third kappa shape index (κ3) is 2.00. The van der Waals surface area contributed by atoms with Gasteiger partial charge in [-0.25, -0.2) is 0 Å². The highest BCUT2D eigenvalue weighted by molar-refractivity contribution is 9.13. The number of aromatic nitrogens is 3. The van der Waals surface area contributed by atoms with Gasteiger partial charge in [0.05, 0.1) is 16.4 Å². The standard InChI is InChI=1S/C9H5Br2N3O/c10-7-5-13-14(9(15)8(7)11)6-1-3-12-4-2-6/h1-5H. The van der Waals surface area contributed by atoms with Gasteiger partial charge in [-0.1, -0.05) is 0 Å². The second-order valence-corrected chi connectivity index (χ2v) is 4.38. The first kappa shape index (κ1) is 10.5. The summed E-state index contributed by atoms with van der Waals surface area (Å²) in [7, 11) is 0. The first-order chi connectivity index (χ1) is 7.20. The molecule has 0 bridgehead atoms. The molecule has 2 aromatic heterocycles. The molecule has 0 spiro atoms. The minimum Gasteiger partial charge on any atom is -0.266 e. The Balaban J connectivity index is 2.66. The predicted molar refractivity (Wildman–Crippen MR) is 63.0 cm³/mol. The number of halogens is 2. The van der Waals surface area contributed by atoms with Crippen LogP contribution in [0.1, 0.15) is 0 Å². The van der Waals surface area contributed by atoms with E-state index in [-0.39, 0.29) is 5.56 Å². The number of pyridine rings is 1. The van der Waals surface area contributed by atoms with Crippen molar-refractivity contribution in [1.82, 2.24) is 14.8 Å². The molecule has 0 radical (unpaired) electrons. The van der Waals surface area contributed by atoms with Crippen molar-refractivity contribution in [2.45, 2.75) is 0 Å². The number of hydrogen-bond donors (Lipinski definition) is 0. The molecular formula is C9H5Br2N3O. The number of nitrogens with zero attached hydrogens (tertiary/aromatic N) is 3. The molecule has 2 rings (SSSR count). The van der Waals surface area contributed by atoms with Gasteiger partial charge < -0.3 is 0 Å². The molecule has 0 unspecified atom stereocenters. The van der Waals surface area contributed by atoms with Gasteiger partial charge in [0.1, 0.15) is 4.47 Å². The largest absolute Gasteiger partial charge is 0.286 e. The summed E-state index contributed by atoms with van der Waals surface area (Å²) in [6.45, 7) is 0. The third-order valence-corrected chi connectivity index (χ3v) is 3.68. The number of rotatable bonds is 1. The van der Waals surface area contributed by atoms with Crippen molar-refractivity contribution in [1.29, 1.82) is 0 Å². The van der Waals surface area contributed by atoms with Gasteiger partial charge in [-0.3, -0.25) is 9.78 Å². The van der Waals surface area contributed by atoms with E-state index in [4.69, 9.17) is 0 Å². The Labute approximate surface area is 102 Å². The van der Waals surface area contributed by atoms with Crippen LogP contribution in [0.2, 0.25) is 0 Å². The molecule has 0 atom stereocenters. The van der Waals surface area contributed by atoms with E-state index in [9.17, 15) is 4.79 Å². The molecule has 15 heavy (non-hydrogen) atoms. The van der Waals surface area contributed by atoms with Gasteiger partial charge in [-0.15, -0.1) is 0 Å². The van der Waals surface area contributed by atoms with Crippen molar-refractivity contribution in [3.63, 3.8) is 0 Å². The van der Waals surface area contributed by atoms with Crippen molar-refractivity contribution in [2.75, 3.05) is 0 Å². The zero-order valence-electron chi connectivity index (χ0n) is 7.39. The second-order valence-electron chi connectivity index (χ2n) is 2.73. The Morgan fingerprint density at radius 2 is 1.87 bits per heavy atom. The highest BCUT2D eigenvalue weighted by Crippen LogP contribution is 2.17. The molecule has 4 nitrogen and oxygen atoms in total. The minimum absolute atomic E-state index is 0.212. The highest BCUT2D eigenvalue weighted by Gasteiger charge is 2.07. The van der Waals surface area contributed by atoms with E-state index in [1.807, 2.05) is 0 Å². The molecule has 0 saturated carbocycles. The van der Waals surface area contributed by atoms with Crippen LogP contribution in [-0.2, 0) is 0 Å². The van der Waals surface area contributed by atoms with Crippen LogP contribution in [0.15, 0.2) is 44.5 Å². The van der Waals surface area contributed by atoms with Gasteiger partial charge in [0, 0.05) is 12.4 Å². The van der Waals surface area contributed by atoms with Crippen LogP contribution in [0, 0.1) is 0 Å². The zero-order valence-corrected chi connectivity index (χ0v) is 10.6. The number of hydrogen-bond acceptors (Lipinski definition) is 3. The van der Waals surface area contributed by atoms with E-state index in [1.165, 1.54) is 4.68 Å². The average molecular weight is 331 g/mol. The summed E-state index contributed by atoms with van der Waals surface area (Å²) in [5.74, 6) is 0. The first-order valence-corrected chi connectivity index (χ1v) is 5.62. The van der Waals surface area contributed by atoms with Gasteiger partial charge in [-0.2, -0.15) is 9.78 Å². The van der Waals surface area contributed by atoms with E-state index in [0.717, 1.165) is 0 Å². The lowest BCUT2D eigenvalue weighted by molar-refractivity contribution is 0.794. The van der Waals surface area contributed by atoms with Gasteiger partial charge in [0.15, 0.2) is 0 Å². The van der Waals surface area contributed by atoms with E-state index in [0.29, 0.717) is 14.6 Å². The Kier molecular flexibility index (Phi) is 2.97. The van der Waals surface area contributed by atoms with Crippen LogP contribution in [0.25, 0.3) is 5.69 Å². The molecule has 0 fully saturated rings.